The summed E-state index contributed by atoms with van der Waals surface area (Å²) >= 11 is 0. The fraction of sp³-hybridized carbons (Fsp3) is 0.259. The van der Waals surface area contributed by atoms with Gasteiger partial charge in [0.15, 0.2) is 5.72 Å². The van der Waals surface area contributed by atoms with E-state index in [2.05, 4.69) is 5.32 Å². The van der Waals surface area contributed by atoms with E-state index in [9.17, 15) is 14.7 Å². The maximum atomic E-state index is 13.2. The monoisotopic (exact) mass is 460 g/mol. The van der Waals surface area contributed by atoms with Gasteiger partial charge in [-0.2, -0.15) is 0 Å². The van der Waals surface area contributed by atoms with Crippen molar-refractivity contribution in [3.63, 3.8) is 0 Å². The van der Waals surface area contributed by atoms with E-state index in [1.807, 2.05) is 72.8 Å². The van der Waals surface area contributed by atoms with Crippen LogP contribution in [0.2, 0.25) is 0 Å². The lowest BCUT2D eigenvalue weighted by molar-refractivity contribution is -0.139. The highest BCUT2D eigenvalue weighted by Gasteiger charge is 2.39. The summed E-state index contributed by atoms with van der Waals surface area (Å²) < 4.78 is 5.88. The first-order valence-electron chi connectivity index (χ1n) is 11.3. The number of hydrogen-bond acceptors (Lipinski definition) is 5. The zero-order valence-electron chi connectivity index (χ0n) is 18.7. The lowest BCUT2D eigenvalue weighted by atomic mass is 9.93. The van der Waals surface area contributed by atoms with Crippen molar-refractivity contribution in [3.8, 4) is 5.75 Å². The van der Waals surface area contributed by atoms with Crippen LogP contribution in [0.5, 0.6) is 5.75 Å². The molecule has 3 aromatic rings. The number of rotatable bonds is 9. The molecule has 0 aromatic heterocycles. The Hall–Kier alpha value is -3.68. The number of carbonyl (C=O) groups is 2. The summed E-state index contributed by atoms with van der Waals surface area (Å²) in [5, 5.41) is 22.9. The zero-order chi connectivity index (χ0) is 24.0. The van der Waals surface area contributed by atoms with Crippen molar-refractivity contribution in [2.45, 2.75) is 38.0 Å². The maximum absolute atomic E-state index is 13.2. The SMILES string of the molecule is O=C(C[C@@H](Cc1cccc(OCc2ccccc2)c1)C(=O)N[C@]1(O)CCc2ccccc21)NO. The minimum Gasteiger partial charge on any atom is -0.489 e. The van der Waals surface area contributed by atoms with Crippen LogP contribution >= 0.6 is 0 Å². The minimum atomic E-state index is -1.48. The van der Waals surface area contributed by atoms with E-state index in [1.165, 1.54) is 0 Å². The van der Waals surface area contributed by atoms with Gasteiger partial charge < -0.3 is 15.2 Å². The van der Waals surface area contributed by atoms with Crippen LogP contribution in [0.25, 0.3) is 0 Å². The van der Waals surface area contributed by atoms with Crippen LogP contribution < -0.4 is 15.5 Å². The second kappa shape index (κ2) is 10.5. The molecule has 0 fully saturated rings. The highest BCUT2D eigenvalue weighted by atomic mass is 16.5. The first kappa shape index (κ1) is 23.5. The van der Waals surface area contributed by atoms with Crippen LogP contribution in [-0.4, -0.2) is 22.1 Å². The summed E-state index contributed by atoms with van der Waals surface area (Å²) in [6, 6.07) is 24.6. The van der Waals surface area contributed by atoms with Crippen LogP contribution in [0.4, 0.5) is 0 Å². The van der Waals surface area contributed by atoms with Gasteiger partial charge in [-0.1, -0.05) is 66.7 Å². The molecule has 4 N–H and O–H groups in total. The van der Waals surface area contributed by atoms with Gasteiger partial charge in [0.2, 0.25) is 11.8 Å². The topological polar surface area (TPSA) is 108 Å². The van der Waals surface area contributed by atoms with E-state index in [-0.39, 0.29) is 12.8 Å². The van der Waals surface area contributed by atoms with Gasteiger partial charge in [0.05, 0.1) is 5.92 Å². The third-order valence-electron chi connectivity index (χ3n) is 6.11. The number of aryl methyl sites for hydroxylation is 1. The predicted molar refractivity (Wildman–Crippen MR) is 126 cm³/mol. The lowest BCUT2D eigenvalue weighted by Gasteiger charge is -2.28. The van der Waals surface area contributed by atoms with Gasteiger partial charge in [0, 0.05) is 18.4 Å². The highest BCUT2D eigenvalue weighted by molar-refractivity contribution is 5.86. The molecule has 34 heavy (non-hydrogen) atoms. The van der Waals surface area contributed by atoms with Crippen molar-refractivity contribution < 1.29 is 24.6 Å². The molecule has 0 heterocycles. The van der Waals surface area contributed by atoms with Gasteiger partial charge in [-0.25, -0.2) is 5.48 Å². The molecule has 1 aliphatic carbocycles. The fourth-order valence-corrected chi connectivity index (χ4v) is 4.34. The molecule has 7 nitrogen and oxygen atoms in total. The smallest absolute Gasteiger partial charge is 0.244 e. The van der Waals surface area contributed by atoms with Crippen LogP contribution in [-0.2, 0) is 34.8 Å². The number of hydroxylamine groups is 1. The van der Waals surface area contributed by atoms with Crippen LogP contribution in [0.1, 0.15) is 35.1 Å². The van der Waals surface area contributed by atoms with Gasteiger partial charge in [0.25, 0.3) is 0 Å². The Morgan fingerprint density at radius 1 is 0.971 bits per heavy atom. The number of hydrogen-bond donors (Lipinski definition) is 4. The minimum absolute atomic E-state index is 0.227. The molecule has 0 spiro atoms. The molecule has 7 heteroatoms. The first-order valence-corrected chi connectivity index (χ1v) is 11.3. The number of aliphatic hydroxyl groups is 1. The van der Waals surface area contributed by atoms with Gasteiger partial charge in [-0.15, -0.1) is 0 Å². The van der Waals surface area contributed by atoms with Crippen molar-refractivity contribution in [1.82, 2.24) is 10.8 Å². The molecule has 0 saturated carbocycles. The molecular formula is C27H28N2O5. The molecule has 1 aliphatic rings. The lowest BCUT2D eigenvalue weighted by Crippen LogP contribution is -2.47. The Kier molecular flexibility index (Phi) is 7.25. The Balaban J connectivity index is 1.47. The summed E-state index contributed by atoms with van der Waals surface area (Å²) in [6.07, 6.45) is 1.02. The molecular weight excluding hydrogens is 432 g/mol. The normalized spacial score (nSPS) is 17.5. The van der Waals surface area contributed by atoms with Crippen LogP contribution in [0.15, 0.2) is 78.9 Å². The molecule has 2 atom stereocenters. The second-order valence-electron chi connectivity index (χ2n) is 8.57. The number of amides is 2. The summed E-state index contributed by atoms with van der Waals surface area (Å²) in [7, 11) is 0. The second-order valence-corrected chi connectivity index (χ2v) is 8.57. The largest absolute Gasteiger partial charge is 0.489 e. The van der Waals surface area contributed by atoms with E-state index in [0.717, 1.165) is 16.7 Å². The van der Waals surface area contributed by atoms with Gasteiger partial charge in [0.1, 0.15) is 12.4 Å². The molecule has 4 rings (SSSR count). The fourth-order valence-electron chi connectivity index (χ4n) is 4.34. The van der Waals surface area contributed by atoms with Crippen molar-refractivity contribution in [1.29, 1.82) is 0 Å². The number of ether oxygens (including phenoxy) is 1. The van der Waals surface area contributed by atoms with Crippen molar-refractivity contribution in [3.05, 3.63) is 101 Å². The van der Waals surface area contributed by atoms with Crippen LogP contribution in [0, 0.1) is 5.92 Å². The molecule has 3 aromatic carbocycles. The quantitative estimate of drug-likeness (QED) is 0.223. The average molecular weight is 461 g/mol. The van der Waals surface area contributed by atoms with E-state index in [4.69, 9.17) is 9.94 Å². The third-order valence-corrected chi connectivity index (χ3v) is 6.11. The summed E-state index contributed by atoms with van der Waals surface area (Å²) in [5.41, 5.74) is 3.61. The van der Waals surface area contributed by atoms with Crippen molar-refractivity contribution in [2.75, 3.05) is 0 Å². The van der Waals surface area contributed by atoms with Crippen molar-refractivity contribution in [2.24, 2.45) is 5.92 Å². The Bertz CT molecular complexity index is 1150. The molecule has 0 unspecified atom stereocenters. The zero-order valence-corrected chi connectivity index (χ0v) is 18.7. The summed E-state index contributed by atoms with van der Waals surface area (Å²) in [6.45, 7) is 0.410. The first-order chi connectivity index (χ1) is 16.5. The molecule has 0 radical (unpaired) electrons. The summed E-state index contributed by atoms with van der Waals surface area (Å²) in [4.78, 5) is 25.1. The van der Waals surface area contributed by atoms with Crippen molar-refractivity contribution >= 4 is 11.8 Å². The Labute approximate surface area is 198 Å². The molecule has 176 valence electrons. The predicted octanol–water partition coefficient (Wildman–Crippen LogP) is 3.23. The Morgan fingerprint density at radius 3 is 2.50 bits per heavy atom. The molecule has 2 amide bonds. The standard InChI is InChI=1S/C27H28N2O5/c30-25(29-33)17-22(26(31)28-27(32)14-13-21-10-4-5-12-24(21)27)15-20-9-6-11-23(16-20)34-18-19-7-2-1-3-8-19/h1-12,16,22,32-33H,13-15,17-18H2,(H,28,31)(H,29,30)/t22-,27+/m1/s1. The third kappa shape index (κ3) is 5.62. The van der Waals surface area contributed by atoms with Crippen LogP contribution in [0.3, 0.4) is 0 Å². The highest BCUT2D eigenvalue weighted by Crippen LogP contribution is 2.35. The van der Waals surface area contributed by atoms with Gasteiger partial charge in [-0.05, 0) is 41.7 Å². The number of fused-ring (bicyclic) bond motifs is 1. The number of carbonyl (C=O) groups excluding carboxylic acids is 2. The Morgan fingerprint density at radius 2 is 1.71 bits per heavy atom. The van der Waals surface area contributed by atoms with E-state index in [0.29, 0.717) is 30.8 Å². The molecule has 0 aliphatic heterocycles. The average Bonchev–Trinajstić information content (AvgIpc) is 3.19. The van der Waals surface area contributed by atoms with E-state index < -0.39 is 23.5 Å². The number of nitrogens with one attached hydrogen (secondary N) is 2. The summed E-state index contributed by atoms with van der Waals surface area (Å²) in [5.74, 6) is -1.28. The van der Waals surface area contributed by atoms with Gasteiger partial charge in [-0.3, -0.25) is 14.8 Å². The van der Waals surface area contributed by atoms with E-state index >= 15 is 0 Å². The maximum Gasteiger partial charge on any atom is 0.244 e. The number of benzene rings is 3. The van der Waals surface area contributed by atoms with E-state index in [1.54, 1.807) is 11.5 Å². The van der Waals surface area contributed by atoms with Gasteiger partial charge >= 0.3 is 0 Å². The molecule has 0 saturated heterocycles. The molecule has 0 bridgehead atoms.